The number of nitrogens with zero attached hydrogens (tertiary/aromatic N) is 3. The van der Waals surface area contributed by atoms with Crippen LogP contribution in [-0.4, -0.2) is 64.6 Å². The molecule has 4 amide bonds. The van der Waals surface area contributed by atoms with Gasteiger partial charge < -0.3 is 9.80 Å². The quantitative estimate of drug-likeness (QED) is 0.543. The maximum absolute atomic E-state index is 13.3. The van der Waals surface area contributed by atoms with E-state index in [4.69, 9.17) is 23.2 Å². The number of rotatable bonds is 5. The van der Waals surface area contributed by atoms with Gasteiger partial charge in [-0.15, -0.1) is 11.3 Å². The lowest BCUT2D eigenvalue weighted by molar-refractivity contribution is -0.152. The van der Waals surface area contributed by atoms with E-state index in [0.717, 1.165) is 6.42 Å². The number of benzene rings is 1. The molecule has 196 valence electrons. The summed E-state index contributed by atoms with van der Waals surface area (Å²) in [5.74, 6) is -1.45. The molecular weight excluding hydrogens is 537 g/mol. The molecule has 12 heteroatoms. The maximum atomic E-state index is 13.3. The van der Waals surface area contributed by atoms with Gasteiger partial charge in [0.25, 0.3) is 5.91 Å². The van der Waals surface area contributed by atoms with E-state index in [-0.39, 0.29) is 42.0 Å². The zero-order chi connectivity index (χ0) is 26.5. The van der Waals surface area contributed by atoms with Gasteiger partial charge in [0.05, 0.1) is 34.1 Å². The lowest BCUT2D eigenvalue weighted by Crippen LogP contribution is -2.65. The van der Waals surface area contributed by atoms with Crippen molar-refractivity contribution < 1.29 is 19.2 Å². The van der Waals surface area contributed by atoms with Gasteiger partial charge in [0.1, 0.15) is 4.88 Å². The van der Waals surface area contributed by atoms with Gasteiger partial charge in [-0.25, -0.2) is 0 Å². The van der Waals surface area contributed by atoms with Crippen LogP contribution >= 0.6 is 34.5 Å². The van der Waals surface area contributed by atoms with Crippen LogP contribution in [0.25, 0.3) is 0 Å². The largest absolute Gasteiger partial charge is 0.341 e. The van der Waals surface area contributed by atoms with Crippen LogP contribution in [0.4, 0.5) is 0 Å². The summed E-state index contributed by atoms with van der Waals surface area (Å²) < 4.78 is 0. The fourth-order valence-electron chi connectivity index (χ4n) is 5.36. The number of thiazole rings is 1. The van der Waals surface area contributed by atoms with Gasteiger partial charge in [-0.1, -0.05) is 43.1 Å². The molecule has 37 heavy (non-hydrogen) atoms. The van der Waals surface area contributed by atoms with Crippen molar-refractivity contribution >= 4 is 58.2 Å². The molecule has 1 aliphatic carbocycles. The maximum Gasteiger partial charge on any atom is 0.265 e. The van der Waals surface area contributed by atoms with Crippen LogP contribution in [-0.2, 0) is 20.8 Å². The highest BCUT2D eigenvalue weighted by Gasteiger charge is 2.61. The van der Waals surface area contributed by atoms with E-state index in [1.54, 1.807) is 33.5 Å². The van der Waals surface area contributed by atoms with Crippen molar-refractivity contribution in [3.63, 3.8) is 0 Å². The first-order valence-corrected chi connectivity index (χ1v) is 13.6. The van der Waals surface area contributed by atoms with Crippen LogP contribution < -0.4 is 10.9 Å². The lowest BCUT2D eigenvalue weighted by Gasteiger charge is -2.50. The third kappa shape index (κ3) is 5.06. The summed E-state index contributed by atoms with van der Waals surface area (Å²) in [4.78, 5) is 59.6. The number of hydrogen-bond acceptors (Lipinski definition) is 6. The van der Waals surface area contributed by atoms with Crippen molar-refractivity contribution in [2.45, 2.75) is 26.7 Å². The standard InChI is InChI=1S/C25H27Cl2N5O4S/c1-24(2)7-15(24)22(35)32-11-25(12-32)10-31(23(36)19-8-28-13-37-19)9-16(25)21(34)30-29-20(33)6-14-3-4-17(26)18(27)5-14/h3-5,8,13,15-16H,6-7,9-12H2,1-2H3,(H,29,33)(H,30,34)/t15-,16+/m1/s1. The van der Waals surface area contributed by atoms with E-state index in [1.165, 1.54) is 17.5 Å². The number of nitrogens with one attached hydrogen (secondary N) is 2. The Labute approximate surface area is 228 Å². The molecular formula is C25H27Cl2N5O4S. The van der Waals surface area contributed by atoms with Gasteiger partial charge in [-0.2, -0.15) is 0 Å². The average Bonchev–Trinajstić information content (AvgIpc) is 3.22. The number of carbonyl (C=O) groups excluding carboxylic acids is 4. The van der Waals surface area contributed by atoms with E-state index in [2.05, 4.69) is 29.7 Å². The molecule has 2 aromatic rings. The van der Waals surface area contributed by atoms with Gasteiger partial charge in [0.15, 0.2) is 0 Å². The minimum atomic E-state index is -0.578. The molecule has 9 nitrogen and oxygen atoms in total. The summed E-state index contributed by atoms with van der Waals surface area (Å²) in [6, 6.07) is 4.89. The van der Waals surface area contributed by atoms with Gasteiger partial charge >= 0.3 is 0 Å². The Morgan fingerprint density at radius 3 is 2.38 bits per heavy atom. The Bertz CT molecular complexity index is 1260. The molecule has 1 aromatic carbocycles. The third-order valence-electron chi connectivity index (χ3n) is 7.70. The summed E-state index contributed by atoms with van der Waals surface area (Å²) >= 11 is 13.2. The fourth-order valence-corrected chi connectivity index (χ4v) is 6.27. The Morgan fingerprint density at radius 2 is 1.76 bits per heavy atom. The van der Waals surface area contributed by atoms with Crippen LogP contribution in [0.15, 0.2) is 29.9 Å². The summed E-state index contributed by atoms with van der Waals surface area (Å²) in [7, 11) is 0. The zero-order valence-electron chi connectivity index (χ0n) is 20.4. The number of hydrazine groups is 1. The van der Waals surface area contributed by atoms with Gasteiger partial charge in [-0.05, 0) is 29.5 Å². The lowest BCUT2D eigenvalue weighted by atomic mass is 9.71. The van der Waals surface area contributed by atoms with Gasteiger partial charge in [0.2, 0.25) is 17.7 Å². The monoisotopic (exact) mass is 563 g/mol. The molecule has 3 fully saturated rings. The van der Waals surface area contributed by atoms with Crippen LogP contribution in [0.2, 0.25) is 10.0 Å². The molecule has 1 aromatic heterocycles. The van der Waals surface area contributed by atoms with Gasteiger partial charge in [-0.3, -0.25) is 35.0 Å². The molecule has 0 radical (unpaired) electrons. The molecule has 0 unspecified atom stereocenters. The SMILES string of the molecule is CC1(C)C[C@@H]1C(=O)N1CC2(CN(C(=O)c3cncs3)C[C@H]2C(=O)NNC(=O)Cc2ccc(Cl)c(Cl)c2)C1. The second-order valence-corrected chi connectivity index (χ2v) is 12.6. The van der Waals surface area contributed by atoms with Crippen LogP contribution in [0, 0.1) is 22.7 Å². The fraction of sp³-hybridized carbons (Fsp3) is 0.480. The van der Waals surface area contributed by atoms with Crippen LogP contribution in [0.3, 0.4) is 0 Å². The highest BCUT2D eigenvalue weighted by molar-refractivity contribution is 7.11. The predicted octanol–water partition coefficient (Wildman–Crippen LogP) is 2.79. The third-order valence-corrected chi connectivity index (χ3v) is 9.20. The first-order chi connectivity index (χ1) is 17.5. The molecule has 2 atom stereocenters. The number of carbonyl (C=O) groups is 4. The molecule has 3 heterocycles. The van der Waals surface area contributed by atoms with E-state index < -0.39 is 17.2 Å². The van der Waals surface area contributed by atoms with E-state index in [0.29, 0.717) is 40.1 Å². The van der Waals surface area contributed by atoms with E-state index in [1.807, 2.05) is 0 Å². The Hall–Kier alpha value is -2.69. The smallest absolute Gasteiger partial charge is 0.265 e. The summed E-state index contributed by atoms with van der Waals surface area (Å²) in [5, 5.41) is 0.731. The van der Waals surface area contributed by atoms with Crippen molar-refractivity contribution in [1.29, 1.82) is 0 Å². The number of halogens is 2. The van der Waals surface area contributed by atoms with Crippen molar-refractivity contribution in [3.05, 3.63) is 50.4 Å². The molecule has 3 aliphatic rings. The minimum absolute atomic E-state index is 0.00240. The van der Waals surface area contributed by atoms with Crippen molar-refractivity contribution in [2.24, 2.45) is 22.7 Å². The number of hydrogen-bond donors (Lipinski definition) is 2. The molecule has 1 saturated carbocycles. The molecule has 1 spiro atoms. The molecule has 2 saturated heterocycles. The predicted molar refractivity (Wildman–Crippen MR) is 139 cm³/mol. The number of amides is 4. The van der Waals surface area contributed by atoms with Crippen LogP contribution in [0.5, 0.6) is 0 Å². The van der Waals surface area contributed by atoms with Crippen LogP contribution in [0.1, 0.15) is 35.5 Å². The first-order valence-electron chi connectivity index (χ1n) is 12.0. The van der Waals surface area contributed by atoms with Crippen molar-refractivity contribution in [3.8, 4) is 0 Å². The molecule has 0 bridgehead atoms. The molecule has 5 rings (SSSR count). The second kappa shape index (κ2) is 9.56. The topological polar surface area (TPSA) is 112 Å². The average molecular weight is 564 g/mol. The highest BCUT2D eigenvalue weighted by Crippen LogP contribution is 2.54. The van der Waals surface area contributed by atoms with Gasteiger partial charge in [0, 0.05) is 37.5 Å². The molecule has 2 N–H and O–H groups in total. The first kappa shape index (κ1) is 25.9. The second-order valence-electron chi connectivity index (χ2n) is 10.9. The number of likely N-dealkylation sites (tertiary alicyclic amines) is 2. The Morgan fingerprint density at radius 1 is 1.05 bits per heavy atom. The summed E-state index contributed by atoms with van der Waals surface area (Å²) in [6.07, 6.45) is 2.38. The van der Waals surface area contributed by atoms with E-state index in [9.17, 15) is 19.2 Å². The minimum Gasteiger partial charge on any atom is -0.341 e. The Balaban J connectivity index is 1.24. The normalized spacial score (nSPS) is 22.9. The Kier molecular flexibility index (Phi) is 6.70. The summed E-state index contributed by atoms with van der Waals surface area (Å²) in [6.45, 7) is 5.51. The number of aromatic nitrogens is 1. The highest BCUT2D eigenvalue weighted by atomic mass is 35.5. The zero-order valence-corrected chi connectivity index (χ0v) is 22.8. The summed E-state index contributed by atoms with van der Waals surface area (Å²) in [5.41, 5.74) is 6.69. The van der Waals surface area contributed by atoms with Crippen molar-refractivity contribution in [1.82, 2.24) is 25.6 Å². The molecule has 2 aliphatic heterocycles. The van der Waals surface area contributed by atoms with E-state index >= 15 is 0 Å². The van der Waals surface area contributed by atoms with Crippen molar-refractivity contribution in [2.75, 3.05) is 26.2 Å².